The van der Waals surface area contributed by atoms with Gasteiger partial charge in [0.05, 0.1) is 5.56 Å². The second kappa shape index (κ2) is 5.31. The number of allylic oxidation sites excluding steroid dienone is 1. The summed E-state index contributed by atoms with van der Waals surface area (Å²) in [5, 5.41) is 0. The van der Waals surface area contributed by atoms with Crippen molar-refractivity contribution in [2.24, 2.45) is 0 Å². The fraction of sp³-hybridized carbons (Fsp3) is 0.125. The zero-order valence-corrected chi connectivity index (χ0v) is 10.4. The first-order valence-corrected chi connectivity index (χ1v) is 5.88. The molecule has 0 N–H and O–H groups in total. The summed E-state index contributed by atoms with van der Waals surface area (Å²) in [5.74, 6) is 0. The van der Waals surface area contributed by atoms with Gasteiger partial charge in [-0.25, -0.2) is 0 Å². The van der Waals surface area contributed by atoms with Crippen molar-refractivity contribution in [1.82, 2.24) is 0 Å². The largest absolute Gasteiger partial charge is 0.416 e. The fourth-order valence-corrected chi connectivity index (χ4v) is 1.90. The Bertz CT molecular complexity index is 580. The standard InChI is InChI=1S/C16H13F3/c1-12(13-7-3-2-4-8-13)11-14-9-5-6-10-15(14)16(17,18)19/h2-11H,1H3/b12-11+. The Balaban J connectivity index is 2.44. The number of rotatable bonds is 2. The normalized spacial score (nSPS) is 12.5. The highest BCUT2D eigenvalue weighted by Crippen LogP contribution is 2.33. The molecule has 2 aromatic carbocycles. The topological polar surface area (TPSA) is 0 Å². The second-order valence-electron chi connectivity index (χ2n) is 4.28. The Morgan fingerprint density at radius 3 is 2.11 bits per heavy atom. The second-order valence-corrected chi connectivity index (χ2v) is 4.28. The van der Waals surface area contributed by atoms with Crippen molar-refractivity contribution >= 4 is 11.6 Å². The average molecular weight is 262 g/mol. The van der Waals surface area contributed by atoms with E-state index in [0.29, 0.717) is 0 Å². The summed E-state index contributed by atoms with van der Waals surface area (Å²) in [6, 6.07) is 15.0. The SMILES string of the molecule is C/C(=C\c1ccccc1C(F)(F)F)c1ccccc1. The van der Waals surface area contributed by atoms with Crippen LogP contribution in [0.4, 0.5) is 13.2 Å². The fourth-order valence-electron chi connectivity index (χ4n) is 1.90. The predicted octanol–water partition coefficient (Wildman–Crippen LogP) is 5.27. The van der Waals surface area contributed by atoms with Crippen LogP contribution >= 0.6 is 0 Å². The van der Waals surface area contributed by atoms with Crippen molar-refractivity contribution < 1.29 is 13.2 Å². The van der Waals surface area contributed by atoms with Gasteiger partial charge in [0.1, 0.15) is 0 Å². The average Bonchev–Trinajstić information content (AvgIpc) is 2.39. The lowest BCUT2D eigenvalue weighted by Gasteiger charge is -2.11. The molecule has 0 nitrogen and oxygen atoms in total. The summed E-state index contributed by atoms with van der Waals surface area (Å²) in [6.45, 7) is 1.81. The van der Waals surface area contributed by atoms with Gasteiger partial charge in [-0.3, -0.25) is 0 Å². The summed E-state index contributed by atoms with van der Waals surface area (Å²) in [4.78, 5) is 0. The van der Waals surface area contributed by atoms with E-state index >= 15 is 0 Å². The van der Waals surface area contributed by atoms with E-state index in [-0.39, 0.29) is 5.56 Å². The van der Waals surface area contributed by atoms with Gasteiger partial charge >= 0.3 is 6.18 Å². The maximum atomic E-state index is 12.9. The van der Waals surface area contributed by atoms with Gasteiger partial charge < -0.3 is 0 Å². The van der Waals surface area contributed by atoms with Crippen molar-refractivity contribution in [2.45, 2.75) is 13.1 Å². The third-order valence-corrected chi connectivity index (χ3v) is 2.87. The molecular formula is C16H13F3. The molecule has 0 aliphatic carbocycles. The van der Waals surface area contributed by atoms with Gasteiger partial charge in [-0.2, -0.15) is 13.2 Å². The van der Waals surface area contributed by atoms with Crippen LogP contribution in [0.15, 0.2) is 54.6 Å². The third kappa shape index (κ3) is 3.25. The quantitative estimate of drug-likeness (QED) is 0.647. The first kappa shape index (κ1) is 13.4. The highest BCUT2D eigenvalue weighted by Gasteiger charge is 2.32. The number of alkyl halides is 3. The molecule has 0 saturated carbocycles. The molecule has 0 amide bonds. The van der Waals surface area contributed by atoms with Crippen LogP contribution in [0, 0.1) is 0 Å². The zero-order valence-electron chi connectivity index (χ0n) is 10.4. The van der Waals surface area contributed by atoms with E-state index in [2.05, 4.69) is 0 Å². The van der Waals surface area contributed by atoms with Gasteiger partial charge in [-0.05, 0) is 29.7 Å². The molecule has 0 aromatic heterocycles. The van der Waals surface area contributed by atoms with Crippen LogP contribution in [0.2, 0.25) is 0 Å². The molecule has 0 saturated heterocycles. The lowest BCUT2D eigenvalue weighted by atomic mass is 10.0. The molecule has 0 aliphatic heterocycles. The molecule has 19 heavy (non-hydrogen) atoms. The zero-order chi connectivity index (χ0) is 13.9. The molecule has 0 heterocycles. The van der Waals surface area contributed by atoms with Crippen molar-refractivity contribution in [3.8, 4) is 0 Å². The Morgan fingerprint density at radius 2 is 1.47 bits per heavy atom. The van der Waals surface area contributed by atoms with Crippen LogP contribution in [0.3, 0.4) is 0 Å². The van der Waals surface area contributed by atoms with Crippen molar-refractivity contribution in [3.05, 3.63) is 71.3 Å². The van der Waals surface area contributed by atoms with E-state index in [1.165, 1.54) is 12.1 Å². The third-order valence-electron chi connectivity index (χ3n) is 2.87. The number of hydrogen-bond acceptors (Lipinski definition) is 0. The van der Waals surface area contributed by atoms with Gasteiger partial charge in [0.2, 0.25) is 0 Å². The van der Waals surface area contributed by atoms with Crippen LogP contribution in [-0.4, -0.2) is 0 Å². The van der Waals surface area contributed by atoms with Crippen molar-refractivity contribution in [1.29, 1.82) is 0 Å². The van der Waals surface area contributed by atoms with Gasteiger partial charge in [-0.1, -0.05) is 54.6 Å². The smallest absolute Gasteiger partial charge is 0.166 e. The van der Waals surface area contributed by atoms with E-state index in [1.54, 1.807) is 12.1 Å². The molecule has 98 valence electrons. The van der Waals surface area contributed by atoms with Crippen LogP contribution in [-0.2, 0) is 6.18 Å². The number of hydrogen-bond donors (Lipinski definition) is 0. The Hall–Kier alpha value is -2.03. The lowest BCUT2D eigenvalue weighted by molar-refractivity contribution is -0.137. The molecule has 2 rings (SSSR count). The van der Waals surface area contributed by atoms with Gasteiger partial charge in [0.25, 0.3) is 0 Å². The van der Waals surface area contributed by atoms with Gasteiger partial charge in [-0.15, -0.1) is 0 Å². The summed E-state index contributed by atoms with van der Waals surface area (Å²) in [5.41, 5.74) is 1.30. The maximum absolute atomic E-state index is 12.9. The van der Waals surface area contributed by atoms with Crippen LogP contribution in [0.25, 0.3) is 11.6 Å². The Labute approximate surface area is 110 Å². The van der Waals surface area contributed by atoms with Gasteiger partial charge in [0, 0.05) is 0 Å². The molecule has 0 fully saturated rings. The Morgan fingerprint density at radius 1 is 0.895 bits per heavy atom. The molecule has 2 aromatic rings. The van der Waals surface area contributed by atoms with E-state index in [0.717, 1.165) is 17.2 Å². The van der Waals surface area contributed by atoms with E-state index in [9.17, 15) is 13.2 Å². The molecule has 0 atom stereocenters. The highest BCUT2D eigenvalue weighted by molar-refractivity contribution is 5.81. The Kier molecular flexibility index (Phi) is 3.74. The minimum absolute atomic E-state index is 0.191. The predicted molar refractivity (Wildman–Crippen MR) is 71.4 cm³/mol. The lowest BCUT2D eigenvalue weighted by Crippen LogP contribution is -2.06. The minimum Gasteiger partial charge on any atom is -0.166 e. The van der Waals surface area contributed by atoms with Crippen molar-refractivity contribution in [3.63, 3.8) is 0 Å². The molecular weight excluding hydrogens is 249 g/mol. The molecule has 0 spiro atoms. The van der Waals surface area contributed by atoms with Crippen molar-refractivity contribution in [2.75, 3.05) is 0 Å². The van der Waals surface area contributed by atoms with E-state index in [4.69, 9.17) is 0 Å². The van der Waals surface area contributed by atoms with E-state index < -0.39 is 11.7 Å². The molecule has 0 unspecified atom stereocenters. The summed E-state index contributed by atoms with van der Waals surface area (Å²) in [7, 11) is 0. The summed E-state index contributed by atoms with van der Waals surface area (Å²) in [6.07, 6.45) is -2.76. The first-order chi connectivity index (χ1) is 8.98. The molecule has 3 heteroatoms. The first-order valence-electron chi connectivity index (χ1n) is 5.88. The number of benzene rings is 2. The highest BCUT2D eigenvalue weighted by atomic mass is 19.4. The van der Waals surface area contributed by atoms with Crippen LogP contribution < -0.4 is 0 Å². The summed E-state index contributed by atoms with van der Waals surface area (Å²) >= 11 is 0. The minimum atomic E-state index is -4.33. The maximum Gasteiger partial charge on any atom is 0.416 e. The van der Waals surface area contributed by atoms with E-state index in [1.807, 2.05) is 37.3 Å². The van der Waals surface area contributed by atoms with Gasteiger partial charge in [0.15, 0.2) is 0 Å². The molecule has 0 bridgehead atoms. The van der Waals surface area contributed by atoms with Crippen LogP contribution in [0.1, 0.15) is 23.6 Å². The summed E-state index contributed by atoms with van der Waals surface area (Å²) < 4.78 is 38.6. The number of halogens is 3. The van der Waals surface area contributed by atoms with Crippen LogP contribution in [0.5, 0.6) is 0 Å². The molecule has 0 radical (unpaired) electrons. The monoisotopic (exact) mass is 262 g/mol. The molecule has 0 aliphatic rings.